The number of amides is 1. The molecule has 3 heterocycles. The Morgan fingerprint density at radius 3 is 2.72 bits per heavy atom. The quantitative estimate of drug-likeness (QED) is 0.658. The first kappa shape index (κ1) is 21.5. The molecule has 4 rings (SSSR count). The van der Waals surface area contributed by atoms with Crippen LogP contribution in [-0.4, -0.2) is 65.7 Å². The molecule has 1 aromatic carbocycles. The highest BCUT2D eigenvalue weighted by Crippen LogP contribution is 2.35. The van der Waals surface area contributed by atoms with Gasteiger partial charge in [-0.2, -0.15) is 4.52 Å². The molecular formula is C22H25N5O5. The molecule has 1 aliphatic rings. The molecule has 32 heavy (non-hydrogen) atoms. The standard InChI is InChI=1S/C22H25N5O5/c1-6-13-7-8-15-16(9-13)18(25-27-12-23-24-17(15)27)31-14-10-22(5,19(28)29)26(11-14)20(30)32-21(2,3)4/h6-9,12,14H,1,10-11H2,2-5H3,(H,28,29)/t14-,22+/m1/s1. The van der Waals surface area contributed by atoms with Crippen molar-refractivity contribution in [2.75, 3.05) is 6.54 Å². The maximum Gasteiger partial charge on any atom is 0.411 e. The third-order valence-corrected chi connectivity index (χ3v) is 5.44. The number of fused-ring (bicyclic) bond motifs is 3. The monoisotopic (exact) mass is 439 g/mol. The van der Waals surface area contributed by atoms with Crippen molar-refractivity contribution in [1.82, 2.24) is 24.7 Å². The molecule has 10 nitrogen and oxygen atoms in total. The number of benzene rings is 1. The molecule has 0 radical (unpaired) electrons. The fourth-order valence-corrected chi connectivity index (χ4v) is 3.84. The Balaban J connectivity index is 1.71. The van der Waals surface area contributed by atoms with Crippen LogP contribution < -0.4 is 4.74 Å². The molecule has 0 saturated carbocycles. The number of carboxylic acid groups (broad SMARTS) is 1. The van der Waals surface area contributed by atoms with E-state index in [9.17, 15) is 14.7 Å². The fraction of sp³-hybridized carbons (Fsp3) is 0.409. The lowest BCUT2D eigenvalue weighted by Gasteiger charge is -2.32. The van der Waals surface area contributed by atoms with Gasteiger partial charge in [0.25, 0.3) is 0 Å². The van der Waals surface area contributed by atoms with E-state index in [4.69, 9.17) is 9.47 Å². The number of hydrogen-bond donors (Lipinski definition) is 1. The minimum absolute atomic E-state index is 0.0439. The lowest BCUT2D eigenvalue weighted by atomic mass is 9.98. The second-order valence-corrected chi connectivity index (χ2v) is 9.03. The van der Waals surface area contributed by atoms with E-state index in [0.29, 0.717) is 16.9 Å². The summed E-state index contributed by atoms with van der Waals surface area (Å²) in [5.74, 6) is -0.838. The van der Waals surface area contributed by atoms with Gasteiger partial charge in [-0.15, -0.1) is 15.3 Å². The minimum atomic E-state index is -1.48. The van der Waals surface area contributed by atoms with Gasteiger partial charge in [0.15, 0.2) is 5.65 Å². The first-order valence-corrected chi connectivity index (χ1v) is 10.2. The van der Waals surface area contributed by atoms with Crippen LogP contribution in [0.1, 0.15) is 39.7 Å². The van der Waals surface area contributed by atoms with Crippen LogP contribution >= 0.6 is 0 Å². The summed E-state index contributed by atoms with van der Waals surface area (Å²) in [6, 6.07) is 5.65. The minimum Gasteiger partial charge on any atom is -0.480 e. The fourth-order valence-electron chi connectivity index (χ4n) is 3.84. The normalized spacial score (nSPS) is 21.1. The van der Waals surface area contributed by atoms with Crippen LogP contribution in [0, 0.1) is 0 Å². The summed E-state index contributed by atoms with van der Waals surface area (Å²) in [5, 5.41) is 23.8. The second kappa shape index (κ2) is 7.47. The van der Waals surface area contributed by atoms with Gasteiger partial charge in [0.1, 0.15) is 23.6 Å². The predicted molar refractivity (Wildman–Crippen MR) is 116 cm³/mol. The number of nitrogens with zero attached hydrogens (tertiary/aromatic N) is 5. The number of hydrogen-bond acceptors (Lipinski definition) is 7. The number of carboxylic acids is 1. The van der Waals surface area contributed by atoms with E-state index in [1.807, 2.05) is 18.2 Å². The van der Waals surface area contributed by atoms with Crippen molar-refractivity contribution in [3.05, 3.63) is 36.7 Å². The summed E-state index contributed by atoms with van der Waals surface area (Å²) >= 11 is 0. The highest BCUT2D eigenvalue weighted by Gasteiger charge is 2.52. The van der Waals surface area contributed by atoms with Crippen LogP contribution in [0.2, 0.25) is 0 Å². The van der Waals surface area contributed by atoms with Gasteiger partial charge in [-0.25, -0.2) is 9.59 Å². The van der Waals surface area contributed by atoms with Gasteiger partial charge in [0.05, 0.1) is 6.54 Å². The number of aromatic nitrogens is 4. The summed E-state index contributed by atoms with van der Waals surface area (Å²) in [4.78, 5) is 26.0. The number of carbonyl (C=O) groups is 2. The lowest BCUT2D eigenvalue weighted by molar-refractivity contribution is -0.148. The van der Waals surface area contributed by atoms with Crippen LogP contribution in [0.4, 0.5) is 4.79 Å². The van der Waals surface area contributed by atoms with Crippen molar-refractivity contribution in [2.45, 2.75) is 51.4 Å². The Morgan fingerprint density at radius 1 is 1.31 bits per heavy atom. The average Bonchev–Trinajstić information content (AvgIpc) is 3.31. The SMILES string of the molecule is C=Cc1ccc2c(c1)c(O[C@H]1CN(C(=O)OC(C)(C)C)[C@](C)(C(=O)O)C1)nn1cnnc21. The third kappa shape index (κ3) is 3.72. The summed E-state index contributed by atoms with van der Waals surface area (Å²) in [6.45, 7) is 10.5. The molecule has 0 aliphatic carbocycles. The van der Waals surface area contributed by atoms with E-state index >= 15 is 0 Å². The van der Waals surface area contributed by atoms with Gasteiger partial charge < -0.3 is 14.6 Å². The van der Waals surface area contributed by atoms with E-state index < -0.39 is 29.3 Å². The molecule has 168 valence electrons. The summed E-state index contributed by atoms with van der Waals surface area (Å²) in [5.41, 5.74) is -0.797. The number of aliphatic carboxylic acids is 1. The van der Waals surface area contributed by atoms with Gasteiger partial charge in [0.2, 0.25) is 5.88 Å². The number of carbonyl (C=O) groups excluding carboxylic acids is 1. The molecular weight excluding hydrogens is 414 g/mol. The van der Waals surface area contributed by atoms with Gasteiger partial charge in [-0.05, 0) is 45.4 Å². The van der Waals surface area contributed by atoms with E-state index in [2.05, 4.69) is 21.9 Å². The van der Waals surface area contributed by atoms with Crippen molar-refractivity contribution < 1.29 is 24.2 Å². The summed E-state index contributed by atoms with van der Waals surface area (Å²) in [7, 11) is 0. The maximum absolute atomic E-state index is 12.8. The molecule has 1 fully saturated rings. The van der Waals surface area contributed by atoms with Crippen molar-refractivity contribution in [2.24, 2.45) is 0 Å². The molecule has 10 heteroatoms. The maximum atomic E-state index is 12.8. The highest BCUT2D eigenvalue weighted by molar-refractivity contribution is 5.97. The van der Waals surface area contributed by atoms with Gasteiger partial charge in [0, 0.05) is 17.2 Å². The molecule has 1 amide bonds. The smallest absolute Gasteiger partial charge is 0.411 e. The Bertz CT molecular complexity index is 1230. The van der Waals surface area contributed by atoms with Crippen LogP contribution in [-0.2, 0) is 9.53 Å². The average molecular weight is 439 g/mol. The van der Waals surface area contributed by atoms with Gasteiger partial charge in [-0.1, -0.05) is 18.7 Å². The van der Waals surface area contributed by atoms with Crippen LogP contribution in [0.25, 0.3) is 22.5 Å². The highest BCUT2D eigenvalue weighted by atomic mass is 16.6. The van der Waals surface area contributed by atoms with Gasteiger partial charge in [-0.3, -0.25) is 4.90 Å². The van der Waals surface area contributed by atoms with E-state index in [0.717, 1.165) is 10.9 Å². The van der Waals surface area contributed by atoms with Crippen molar-refractivity contribution in [3.8, 4) is 5.88 Å². The van der Waals surface area contributed by atoms with Crippen molar-refractivity contribution >= 4 is 34.6 Å². The predicted octanol–water partition coefficient (Wildman–Crippen LogP) is 3.15. The van der Waals surface area contributed by atoms with Crippen molar-refractivity contribution in [3.63, 3.8) is 0 Å². The molecule has 0 unspecified atom stereocenters. The largest absolute Gasteiger partial charge is 0.480 e. The summed E-state index contributed by atoms with van der Waals surface area (Å²) in [6.07, 6.45) is 1.94. The molecule has 1 N–H and O–H groups in total. The second-order valence-electron chi connectivity index (χ2n) is 9.03. The first-order chi connectivity index (χ1) is 15.0. The topological polar surface area (TPSA) is 119 Å². The Hall–Kier alpha value is -3.69. The Labute approximate surface area is 184 Å². The Morgan fingerprint density at radius 2 is 2.06 bits per heavy atom. The molecule has 2 atom stereocenters. The van der Waals surface area contributed by atoms with Crippen LogP contribution in [0.15, 0.2) is 31.1 Å². The zero-order chi connectivity index (χ0) is 23.3. The summed E-state index contributed by atoms with van der Waals surface area (Å²) < 4.78 is 13.1. The molecule has 0 spiro atoms. The zero-order valence-electron chi connectivity index (χ0n) is 18.4. The number of rotatable bonds is 4. The Kier molecular flexibility index (Phi) is 5.03. The number of likely N-dealkylation sites (tertiary alicyclic amines) is 1. The zero-order valence-corrected chi connectivity index (χ0v) is 18.4. The van der Waals surface area contributed by atoms with Crippen molar-refractivity contribution in [1.29, 1.82) is 0 Å². The molecule has 1 aliphatic heterocycles. The molecule has 2 aromatic heterocycles. The first-order valence-electron chi connectivity index (χ1n) is 10.2. The van der Waals surface area contributed by atoms with E-state index in [-0.39, 0.29) is 13.0 Å². The molecule has 3 aromatic rings. The van der Waals surface area contributed by atoms with E-state index in [1.165, 1.54) is 22.7 Å². The van der Waals surface area contributed by atoms with Gasteiger partial charge >= 0.3 is 12.1 Å². The third-order valence-electron chi connectivity index (χ3n) is 5.44. The number of ether oxygens (including phenoxy) is 2. The van der Waals surface area contributed by atoms with Crippen LogP contribution in [0.5, 0.6) is 5.88 Å². The molecule has 1 saturated heterocycles. The lowest BCUT2D eigenvalue weighted by Crippen LogP contribution is -2.52. The van der Waals surface area contributed by atoms with Crippen LogP contribution in [0.3, 0.4) is 0 Å². The molecule has 0 bridgehead atoms. The van der Waals surface area contributed by atoms with E-state index in [1.54, 1.807) is 26.8 Å².